The van der Waals surface area contributed by atoms with Gasteiger partial charge in [-0.1, -0.05) is 6.92 Å². The summed E-state index contributed by atoms with van der Waals surface area (Å²) in [7, 11) is 1.23. The van der Waals surface area contributed by atoms with Gasteiger partial charge in [0.2, 0.25) is 6.29 Å². The fourth-order valence-electron chi connectivity index (χ4n) is 3.92. The van der Waals surface area contributed by atoms with Crippen LogP contribution in [0.3, 0.4) is 0 Å². The van der Waals surface area contributed by atoms with Crippen LogP contribution in [0.2, 0.25) is 0 Å². The van der Waals surface area contributed by atoms with E-state index in [9.17, 15) is 30.0 Å². The van der Waals surface area contributed by atoms with E-state index in [2.05, 4.69) is 0 Å². The minimum absolute atomic E-state index is 0.0623. The van der Waals surface area contributed by atoms with Crippen molar-refractivity contribution in [2.45, 2.75) is 50.3 Å². The van der Waals surface area contributed by atoms with Gasteiger partial charge in [-0.2, -0.15) is 0 Å². The maximum absolute atomic E-state index is 12.2. The van der Waals surface area contributed by atoms with Gasteiger partial charge in [0.25, 0.3) is 0 Å². The molecule has 0 amide bonds. The molecule has 4 N–H and O–H groups in total. The Balaban J connectivity index is 1.81. The van der Waals surface area contributed by atoms with E-state index in [-0.39, 0.29) is 17.8 Å². The zero-order valence-corrected chi connectivity index (χ0v) is 14.9. The summed E-state index contributed by atoms with van der Waals surface area (Å²) in [4.78, 5) is 24.2. The number of methoxy groups -OCH3 is 1. The van der Waals surface area contributed by atoms with Crippen molar-refractivity contribution in [1.82, 2.24) is 0 Å². The Morgan fingerprint density at radius 3 is 2.56 bits per heavy atom. The second kappa shape index (κ2) is 7.82. The molecule has 0 aromatic heterocycles. The highest BCUT2D eigenvalue weighted by Crippen LogP contribution is 2.45. The Labute approximate surface area is 155 Å². The summed E-state index contributed by atoms with van der Waals surface area (Å²) in [5.74, 6) is -2.13. The summed E-state index contributed by atoms with van der Waals surface area (Å²) < 4.78 is 21.2. The van der Waals surface area contributed by atoms with Crippen molar-refractivity contribution in [2.24, 2.45) is 17.8 Å². The lowest BCUT2D eigenvalue weighted by atomic mass is 9.83. The van der Waals surface area contributed by atoms with Crippen LogP contribution in [0.25, 0.3) is 0 Å². The van der Waals surface area contributed by atoms with Crippen molar-refractivity contribution in [1.29, 1.82) is 0 Å². The Bertz CT molecular complexity index is 617. The lowest BCUT2D eigenvalue weighted by Gasteiger charge is -2.42. The van der Waals surface area contributed by atoms with Gasteiger partial charge >= 0.3 is 5.97 Å². The molecule has 10 nitrogen and oxygen atoms in total. The van der Waals surface area contributed by atoms with E-state index in [0.717, 1.165) is 0 Å². The number of hydrogen-bond donors (Lipinski definition) is 4. The van der Waals surface area contributed by atoms with Crippen LogP contribution in [0.5, 0.6) is 0 Å². The molecule has 2 aliphatic heterocycles. The van der Waals surface area contributed by atoms with Gasteiger partial charge in [0.15, 0.2) is 6.29 Å². The number of hydrogen-bond acceptors (Lipinski definition) is 10. The van der Waals surface area contributed by atoms with Crippen molar-refractivity contribution >= 4 is 11.8 Å². The molecule has 1 saturated carbocycles. The SMILES string of the molecule is COC(=O)C1=CO[C@H](O[C@@H]2O[C@H](CO)[C@@H](O)[C@H](O)[C@H]2O)[C@@H]2[C@H](C)C(=O)C[C@H]12. The summed E-state index contributed by atoms with van der Waals surface area (Å²) >= 11 is 0. The molecule has 10 heteroatoms. The van der Waals surface area contributed by atoms with Crippen molar-refractivity contribution in [2.75, 3.05) is 13.7 Å². The van der Waals surface area contributed by atoms with Gasteiger partial charge in [-0.25, -0.2) is 4.79 Å². The van der Waals surface area contributed by atoms with Crippen LogP contribution in [-0.4, -0.2) is 82.9 Å². The second-order valence-corrected chi connectivity index (χ2v) is 7.05. The van der Waals surface area contributed by atoms with Crippen LogP contribution < -0.4 is 0 Å². The van der Waals surface area contributed by atoms with Gasteiger partial charge in [-0.05, 0) is 0 Å². The fourth-order valence-corrected chi connectivity index (χ4v) is 3.92. The van der Waals surface area contributed by atoms with Gasteiger partial charge in [0.1, 0.15) is 30.2 Å². The van der Waals surface area contributed by atoms with Crippen molar-refractivity contribution < 1.29 is 49.0 Å². The molecule has 0 bridgehead atoms. The number of ketones is 1. The molecule has 9 atom stereocenters. The van der Waals surface area contributed by atoms with Gasteiger partial charge in [-0.3, -0.25) is 4.79 Å². The number of ether oxygens (including phenoxy) is 4. The molecule has 1 saturated heterocycles. The quantitative estimate of drug-likeness (QED) is 0.400. The van der Waals surface area contributed by atoms with Gasteiger partial charge in [0, 0.05) is 24.2 Å². The number of carbonyl (C=O) groups excluding carboxylic acids is 2. The molecular weight excluding hydrogens is 364 g/mol. The molecule has 3 rings (SSSR count). The largest absolute Gasteiger partial charge is 0.472 e. The molecule has 2 fully saturated rings. The number of carbonyl (C=O) groups is 2. The first-order chi connectivity index (χ1) is 12.8. The highest BCUT2D eigenvalue weighted by molar-refractivity contribution is 5.92. The molecule has 0 unspecified atom stereocenters. The van der Waals surface area contributed by atoms with Crippen molar-refractivity contribution in [3.8, 4) is 0 Å². The van der Waals surface area contributed by atoms with E-state index in [1.165, 1.54) is 13.4 Å². The highest BCUT2D eigenvalue weighted by Gasteiger charge is 2.53. The summed E-state index contributed by atoms with van der Waals surface area (Å²) in [5, 5.41) is 39.1. The topological polar surface area (TPSA) is 152 Å². The minimum Gasteiger partial charge on any atom is -0.472 e. The van der Waals surface area contributed by atoms with Crippen LogP contribution >= 0.6 is 0 Å². The van der Waals surface area contributed by atoms with E-state index in [4.69, 9.17) is 18.9 Å². The molecule has 0 aromatic rings. The molecule has 0 aromatic carbocycles. The van der Waals surface area contributed by atoms with E-state index in [1.54, 1.807) is 6.92 Å². The number of aliphatic hydroxyl groups is 4. The summed E-state index contributed by atoms with van der Waals surface area (Å²) in [5.41, 5.74) is 0.230. The molecule has 0 radical (unpaired) electrons. The lowest BCUT2D eigenvalue weighted by molar-refractivity contribution is -0.342. The van der Waals surface area contributed by atoms with E-state index >= 15 is 0 Å². The van der Waals surface area contributed by atoms with Crippen LogP contribution in [0.4, 0.5) is 0 Å². The lowest BCUT2D eigenvalue weighted by Crippen LogP contribution is -2.60. The average molecular weight is 388 g/mol. The molecule has 152 valence electrons. The average Bonchev–Trinajstić information content (AvgIpc) is 2.96. The van der Waals surface area contributed by atoms with E-state index in [1.807, 2.05) is 0 Å². The molecule has 3 aliphatic rings. The standard InChI is InChI=1S/C17H24O10/c1-6-9(19)3-7-8(15(23)24-2)5-25-16(11(6)7)27-17-14(22)13(21)12(20)10(4-18)26-17/h5-7,10-14,16-18,20-22H,3-4H2,1-2H3/t6-,7-,10-,11-,12-,13+,14-,16-,17+/m1/s1. The number of fused-ring (bicyclic) bond motifs is 1. The van der Waals surface area contributed by atoms with Crippen LogP contribution in [0.15, 0.2) is 11.8 Å². The maximum atomic E-state index is 12.2. The molecule has 0 spiro atoms. The normalized spacial score (nSPS) is 44.3. The maximum Gasteiger partial charge on any atom is 0.337 e. The third-order valence-corrected chi connectivity index (χ3v) is 5.55. The van der Waals surface area contributed by atoms with Crippen molar-refractivity contribution in [3.63, 3.8) is 0 Å². The Morgan fingerprint density at radius 1 is 1.22 bits per heavy atom. The minimum atomic E-state index is -1.59. The summed E-state index contributed by atoms with van der Waals surface area (Å²) in [6.45, 7) is 1.10. The Hall–Kier alpha value is -1.56. The van der Waals surface area contributed by atoms with Crippen LogP contribution in [0, 0.1) is 17.8 Å². The first-order valence-electron chi connectivity index (χ1n) is 8.72. The predicted octanol–water partition coefficient (Wildman–Crippen LogP) is -1.94. The summed E-state index contributed by atoms with van der Waals surface area (Å²) in [6, 6.07) is 0. The molecular formula is C17H24O10. The first kappa shape index (κ1) is 20.2. The Kier molecular flexibility index (Phi) is 5.84. The highest BCUT2D eigenvalue weighted by atomic mass is 16.8. The number of aliphatic hydroxyl groups excluding tert-OH is 4. The first-order valence-corrected chi connectivity index (χ1v) is 8.72. The molecule has 2 heterocycles. The number of Topliss-reactive ketones (excluding diaryl/α,β-unsaturated/α-hetero) is 1. The smallest absolute Gasteiger partial charge is 0.337 e. The third kappa shape index (κ3) is 3.48. The molecule has 1 aliphatic carbocycles. The van der Waals surface area contributed by atoms with Gasteiger partial charge < -0.3 is 39.4 Å². The zero-order chi connectivity index (χ0) is 19.9. The number of rotatable bonds is 4. The monoisotopic (exact) mass is 388 g/mol. The summed E-state index contributed by atoms with van der Waals surface area (Å²) in [6.07, 6.45) is -6.96. The third-order valence-electron chi connectivity index (χ3n) is 5.55. The predicted molar refractivity (Wildman–Crippen MR) is 85.6 cm³/mol. The second-order valence-electron chi connectivity index (χ2n) is 7.05. The van der Waals surface area contributed by atoms with E-state index < -0.39 is 67.3 Å². The zero-order valence-electron chi connectivity index (χ0n) is 14.9. The van der Waals surface area contributed by atoms with Crippen molar-refractivity contribution in [3.05, 3.63) is 11.8 Å². The van der Waals surface area contributed by atoms with Gasteiger partial charge in [-0.15, -0.1) is 0 Å². The van der Waals surface area contributed by atoms with Crippen LogP contribution in [-0.2, 0) is 28.5 Å². The van der Waals surface area contributed by atoms with Gasteiger partial charge in [0.05, 0.1) is 25.6 Å². The van der Waals surface area contributed by atoms with Crippen LogP contribution in [0.1, 0.15) is 13.3 Å². The number of esters is 1. The molecule has 27 heavy (non-hydrogen) atoms. The van der Waals surface area contributed by atoms with E-state index in [0.29, 0.717) is 0 Å². The Morgan fingerprint density at radius 2 is 1.93 bits per heavy atom. The fraction of sp³-hybridized carbons (Fsp3) is 0.765.